The molecule has 5 rings (SSSR count). The summed E-state index contributed by atoms with van der Waals surface area (Å²) in [5.41, 5.74) is 4.57. The van der Waals surface area contributed by atoms with Gasteiger partial charge >= 0.3 is 6.09 Å². The maximum atomic E-state index is 12.5. The van der Waals surface area contributed by atoms with Crippen LogP contribution in [0.25, 0.3) is 11.1 Å². The summed E-state index contributed by atoms with van der Waals surface area (Å²) in [7, 11) is 0. The van der Waals surface area contributed by atoms with E-state index in [-0.39, 0.29) is 25.0 Å². The molecule has 0 heterocycles. The Morgan fingerprint density at radius 2 is 1.47 bits per heavy atom. The lowest BCUT2D eigenvalue weighted by Crippen LogP contribution is -2.42. The Kier molecular flexibility index (Phi) is 4.80. The number of hydrogen-bond acceptors (Lipinski definition) is 3. The van der Waals surface area contributed by atoms with Gasteiger partial charge in [-0.15, -0.1) is 0 Å². The van der Waals surface area contributed by atoms with E-state index in [4.69, 9.17) is 4.74 Å². The number of ether oxygens (including phenoxy) is 1. The first-order valence-corrected chi connectivity index (χ1v) is 10.5. The lowest BCUT2D eigenvalue weighted by Gasteiger charge is -2.29. The predicted octanol–water partition coefficient (Wildman–Crippen LogP) is 4.82. The molecule has 1 amide bonds. The molecule has 0 saturated heterocycles. The molecule has 0 aliphatic heterocycles. The second kappa shape index (κ2) is 7.62. The molecule has 0 bridgehead atoms. The number of rotatable bonds is 6. The molecule has 2 aliphatic carbocycles. The predicted molar refractivity (Wildman–Crippen MR) is 116 cm³/mol. The highest BCUT2D eigenvalue weighted by molar-refractivity contribution is 5.79. The van der Waals surface area contributed by atoms with Gasteiger partial charge in [0.2, 0.25) is 0 Å². The van der Waals surface area contributed by atoms with E-state index in [1.165, 1.54) is 22.3 Å². The van der Waals surface area contributed by atoms with Crippen molar-refractivity contribution < 1.29 is 14.6 Å². The number of amides is 1. The summed E-state index contributed by atoms with van der Waals surface area (Å²) >= 11 is 0. The highest BCUT2D eigenvalue weighted by Crippen LogP contribution is 2.46. The number of hydrogen-bond donors (Lipinski definition) is 2. The van der Waals surface area contributed by atoms with Crippen molar-refractivity contribution in [1.82, 2.24) is 5.32 Å². The highest BCUT2D eigenvalue weighted by atomic mass is 16.5. The number of alkyl carbamates (subject to hydrolysis) is 1. The molecule has 3 aromatic rings. The van der Waals surface area contributed by atoms with Gasteiger partial charge in [0.15, 0.2) is 0 Å². The van der Waals surface area contributed by atoms with Crippen LogP contribution in [0.5, 0.6) is 0 Å². The maximum absolute atomic E-state index is 12.5. The monoisotopic (exact) mass is 399 g/mol. The number of carbonyl (C=O) groups excluding carboxylic acids is 1. The molecule has 0 spiro atoms. The summed E-state index contributed by atoms with van der Waals surface area (Å²) in [5.74, 6) is 0.202. The van der Waals surface area contributed by atoms with E-state index in [2.05, 4.69) is 29.6 Å². The minimum Gasteiger partial charge on any atom is -0.449 e. The zero-order valence-corrected chi connectivity index (χ0v) is 16.8. The van der Waals surface area contributed by atoms with E-state index in [1.54, 1.807) is 0 Å². The second-order valence-electron chi connectivity index (χ2n) is 8.24. The molecule has 1 fully saturated rings. The van der Waals surface area contributed by atoms with Crippen LogP contribution in [-0.2, 0) is 10.3 Å². The molecule has 1 atom stereocenters. The minimum absolute atomic E-state index is 0.0274. The van der Waals surface area contributed by atoms with Crippen molar-refractivity contribution in [3.8, 4) is 11.1 Å². The molecule has 2 N–H and O–H groups in total. The molecule has 0 aromatic heterocycles. The molecule has 30 heavy (non-hydrogen) atoms. The van der Waals surface area contributed by atoms with Crippen LogP contribution in [0.4, 0.5) is 4.79 Å². The summed E-state index contributed by atoms with van der Waals surface area (Å²) in [5, 5.41) is 14.0. The Labute approximate surface area is 176 Å². The van der Waals surface area contributed by atoms with Gasteiger partial charge in [-0.2, -0.15) is 0 Å². The molecule has 0 radical (unpaired) electrons. The van der Waals surface area contributed by atoms with Crippen LogP contribution in [0.15, 0.2) is 78.9 Å². The van der Waals surface area contributed by atoms with Crippen LogP contribution >= 0.6 is 0 Å². The molecule has 4 nitrogen and oxygen atoms in total. The van der Waals surface area contributed by atoms with Gasteiger partial charge in [-0.1, -0.05) is 78.9 Å². The number of carbonyl (C=O) groups is 1. The Hall–Kier alpha value is -3.11. The third-order valence-corrected chi connectivity index (χ3v) is 6.37. The standard InChI is InChI=1S/C26H25NO3/c28-25(27-17-26(29,19-14-15-19)18-8-2-1-3-9-18)30-16-24-22-12-6-4-10-20(22)21-11-5-7-13-23(21)24/h1-13,19,24,29H,14-17H2,(H,27,28). The SMILES string of the molecule is O=C(NCC(O)(c1ccccc1)C1CC1)OCC1c2ccccc2-c2ccccc21. The van der Waals surface area contributed by atoms with Gasteiger partial charge in [0.25, 0.3) is 0 Å². The molecule has 152 valence electrons. The third kappa shape index (κ3) is 3.37. The molecule has 1 unspecified atom stereocenters. The van der Waals surface area contributed by atoms with E-state index in [0.717, 1.165) is 18.4 Å². The Morgan fingerprint density at radius 1 is 0.900 bits per heavy atom. The second-order valence-corrected chi connectivity index (χ2v) is 8.24. The average molecular weight is 399 g/mol. The van der Waals surface area contributed by atoms with E-state index in [0.29, 0.717) is 0 Å². The topological polar surface area (TPSA) is 58.6 Å². The Bertz CT molecular complexity index is 1020. The fourth-order valence-electron chi connectivity index (χ4n) is 4.63. The Morgan fingerprint density at radius 3 is 2.07 bits per heavy atom. The molecular weight excluding hydrogens is 374 g/mol. The lowest BCUT2D eigenvalue weighted by atomic mass is 9.89. The van der Waals surface area contributed by atoms with Crippen molar-refractivity contribution in [1.29, 1.82) is 0 Å². The van der Waals surface area contributed by atoms with Crippen molar-refractivity contribution in [3.05, 3.63) is 95.6 Å². The zero-order chi connectivity index (χ0) is 20.6. The molecule has 3 aromatic carbocycles. The summed E-state index contributed by atoms with van der Waals surface area (Å²) in [6.07, 6.45) is 1.45. The van der Waals surface area contributed by atoms with E-state index < -0.39 is 11.7 Å². The number of nitrogens with one attached hydrogen (secondary N) is 1. The van der Waals surface area contributed by atoms with Crippen molar-refractivity contribution in [2.75, 3.05) is 13.2 Å². The van der Waals surface area contributed by atoms with Crippen molar-refractivity contribution in [2.24, 2.45) is 5.92 Å². The van der Waals surface area contributed by atoms with Crippen LogP contribution < -0.4 is 5.32 Å². The highest BCUT2D eigenvalue weighted by Gasteiger charge is 2.45. The van der Waals surface area contributed by atoms with Gasteiger partial charge in [-0.25, -0.2) is 4.79 Å². The first kappa shape index (κ1) is 18.9. The number of benzene rings is 3. The fourth-order valence-corrected chi connectivity index (χ4v) is 4.63. The normalized spacial score (nSPS) is 17.0. The fraction of sp³-hybridized carbons (Fsp3) is 0.269. The molecular formula is C26H25NO3. The summed E-state index contributed by atoms with van der Waals surface area (Å²) in [6, 6.07) is 26.1. The van der Waals surface area contributed by atoms with Gasteiger partial charge in [-0.05, 0) is 46.6 Å². The van der Waals surface area contributed by atoms with E-state index in [9.17, 15) is 9.90 Å². The van der Waals surface area contributed by atoms with Crippen molar-refractivity contribution >= 4 is 6.09 Å². The minimum atomic E-state index is -1.05. The van der Waals surface area contributed by atoms with E-state index >= 15 is 0 Å². The maximum Gasteiger partial charge on any atom is 0.407 e. The molecule has 1 saturated carbocycles. The van der Waals surface area contributed by atoms with Crippen molar-refractivity contribution in [3.63, 3.8) is 0 Å². The van der Waals surface area contributed by atoms with Gasteiger partial charge in [-0.3, -0.25) is 0 Å². The first-order chi connectivity index (χ1) is 14.7. The van der Waals surface area contributed by atoms with Gasteiger partial charge in [0, 0.05) is 5.92 Å². The summed E-state index contributed by atoms with van der Waals surface area (Å²) in [6.45, 7) is 0.422. The average Bonchev–Trinajstić information content (AvgIpc) is 3.61. The number of aliphatic hydroxyl groups is 1. The largest absolute Gasteiger partial charge is 0.449 e. The van der Waals surface area contributed by atoms with E-state index in [1.807, 2.05) is 54.6 Å². The summed E-state index contributed by atoms with van der Waals surface area (Å²) in [4.78, 5) is 12.5. The summed E-state index contributed by atoms with van der Waals surface area (Å²) < 4.78 is 5.61. The van der Waals surface area contributed by atoms with Gasteiger partial charge < -0.3 is 15.2 Å². The van der Waals surface area contributed by atoms with Crippen LogP contribution in [0.3, 0.4) is 0 Å². The quantitative estimate of drug-likeness (QED) is 0.625. The smallest absolute Gasteiger partial charge is 0.407 e. The van der Waals surface area contributed by atoms with Gasteiger partial charge in [0.1, 0.15) is 12.2 Å². The van der Waals surface area contributed by atoms with Crippen LogP contribution in [0.2, 0.25) is 0 Å². The van der Waals surface area contributed by atoms with Crippen LogP contribution in [0, 0.1) is 5.92 Å². The molecule has 4 heteroatoms. The van der Waals surface area contributed by atoms with Crippen LogP contribution in [-0.4, -0.2) is 24.4 Å². The first-order valence-electron chi connectivity index (χ1n) is 10.5. The Balaban J connectivity index is 1.26. The number of fused-ring (bicyclic) bond motifs is 3. The lowest BCUT2D eigenvalue weighted by molar-refractivity contribution is 0.0125. The van der Waals surface area contributed by atoms with Gasteiger partial charge in [0.05, 0.1) is 6.54 Å². The van der Waals surface area contributed by atoms with Crippen molar-refractivity contribution in [2.45, 2.75) is 24.4 Å². The van der Waals surface area contributed by atoms with Crippen LogP contribution in [0.1, 0.15) is 35.4 Å². The zero-order valence-electron chi connectivity index (χ0n) is 16.8. The molecule has 2 aliphatic rings. The third-order valence-electron chi connectivity index (χ3n) is 6.37.